The van der Waals surface area contributed by atoms with Gasteiger partial charge in [0.05, 0.1) is 27.0 Å². The number of benzene rings is 1. The fourth-order valence-corrected chi connectivity index (χ4v) is 5.41. The number of carbonyl (C=O) groups is 2. The van der Waals surface area contributed by atoms with Gasteiger partial charge in [0.1, 0.15) is 5.15 Å². The van der Waals surface area contributed by atoms with E-state index in [1.807, 2.05) is 6.92 Å². The molecule has 5 rings (SSSR count). The molecule has 1 aromatic heterocycles. The summed E-state index contributed by atoms with van der Waals surface area (Å²) in [4.78, 5) is 29.4. The molecule has 0 radical (unpaired) electrons. The van der Waals surface area contributed by atoms with Crippen LogP contribution in [0.25, 0.3) is 0 Å². The number of carbonyl (C=O) groups excluding carboxylic acids is 2. The van der Waals surface area contributed by atoms with Crippen molar-refractivity contribution in [1.82, 2.24) is 10.3 Å². The lowest BCUT2D eigenvalue weighted by atomic mass is 9.30. The molecule has 1 aromatic carbocycles. The van der Waals surface area contributed by atoms with Crippen LogP contribution < -0.4 is 10.6 Å². The minimum absolute atomic E-state index is 0.105. The largest absolute Gasteiger partial charge is 0.346 e. The standard InChI is InChI=1S/C21H19Cl4N3O2/c1-10(18(29)27-13-6-16(24)17(25)26-7-13)20-8-21(9-20,11(20)2)28-19(30)12-3-4-14(22)15(23)5-12/h3-7,10-11H,8-9H2,1-2H3,(H,27,29)(H,28,30)/t10-,11-,20?,21?/m1/s1. The predicted molar refractivity (Wildman–Crippen MR) is 120 cm³/mol. The van der Waals surface area contributed by atoms with Gasteiger partial charge in [0.2, 0.25) is 5.91 Å². The van der Waals surface area contributed by atoms with Crippen LogP contribution in [0.15, 0.2) is 30.5 Å². The molecule has 2 amide bonds. The zero-order chi connectivity index (χ0) is 21.8. The van der Waals surface area contributed by atoms with Crippen LogP contribution in [0.1, 0.15) is 37.0 Å². The van der Waals surface area contributed by atoms with Gasteiger partial charge >= 0.3 is 0 Å². The van der Waals surface area contributed by atoms with Gasteiger partial charge in [-0.2, -0.15) is 0 Å². The van der Waals surface area contributed by atoms with Crippen molar-refractivity contribution < 1.29 is 9.59 Å². The average molecular weight is 487 g/mol. The second-order valence-electron chi connectivity index (χ2n) is 8.26. The molecule has 9 heteroatoms. The Morgan fingerprint density at radius 1 is 1.10 bits per heavy atom. The number of amides is 2. The van der Waals surface area contributed by atoms with E-state index in [9.17, 15) is 9.59 Å². The molecular formula is C21H19Cl4N3O2. The van der Waals surface area contributed by atoms with E-state index in [0.29, 0.717) is 21.3 Å². The lowest BCUT2D eigenvalue weighted by molar-refractivity contribution is -0.239. The summed E-state index contributed by atoms with van der Waals surface area (Å²) < 4.78 is 0. The van der Waals surface area contributed by atoms with E-state index in [1.165, 1.54) is 6.20 Å². The minimum Gasteiger partial charge on any atom is -0.346 e. The van der Waals surface area contributed by atoms with Crippen LogP contribution in [0, 0.1) is 17.3 Å². The second kappa shape index (κ2) is 7.56. The molecule has 0 saturated heterocycles. The van der Waals surface area contributed by atoms with Crippen LogP contribution in [0.2, 0.25) is 20.2 Å². The first-order chi connectivity index (χ1) is 14.1. The molecular weight excluding hydrogens is 468 g/mol. The van der Waals surface area contributed by atoms with Gasteiger partial charge in [-0.1, -0.05) is 60.3 Å². The number of nitrogens with one attached hydrogen (secondary N) is 2. The molecule has 158 valence electrons. The number of aromatic nitrogens is 1. The molecule has 30 heavy (non-hydrogen) atoms. The highest BCUT2D eigenvalue weighted by atomic mass is 35.5. The smallest absolute Gasteiger partial charge is 0.251 e. The third kappa shape index (κ3) is 3.36. The van der Waals surface area contributed by atoms with Crippen LogP contribution >= 0.6 is 46.4 Å². The zero-order valence-corrected chi connectivity index (χ0v) is 19.3. The third-order valence-corrected chi connectivity index (χ3v) is 8.27. The Hall–Kier alpha value is -1.53. The first-order valence-electron chi connectivity index (χ1n) is 9.47. The highest BCUT2D eigenvalue weighted by Crippen LogP contribution is 2.74. The number of rotatable bonds is 5. The number of hydrogen-bond acceptors (Lipinski definition) is 3. The SMILES string of the molecule is C[C@H](C(=O)Nc1cnc(Cl)c(Cl)c1)C12CC(NC(=O)c3ccc(Cl)c(Cl)c3)(C1)[C@@H]2C. The Bertz CT molecular complexity index is 1050. The molecule has 2 N–H and O–H groups in total. The summed E-state index contributed by atoms with van der Waals surface area (Å²) in [5.74, 6) is -0.353. The number of anilines is 1. The molecule has 3 fully saturated rings. The first-order valence-corrected chi connectivity index (χ1v) is 11.0. The Balaban J connectivity index is 1.40. The molecule has 3 saturated carbocycles. The van der Waals surface area contributed by atoms with Crippen LogP contribution in [0.5, 0.6) is 0 Å². The molecule has 0 aliphatic heterocycles. The molecule has 3 aliphatic rings. The molecule has 3 aliphatic carbocycles. The summed E-state index contributed by atoms with van der Waals surface area (Å²) in [6.07, 6.45) is 2.98. The monoisotopic (exact) mass is 485 g/mol. The van der Waals surface area contributed by atoms with E-state index in [-0.39, 0.29) is 44.8 Å². The van der Waals surface area contributed by atoms with Crippen molar-refractivity contribution in [2.75, 3.05) is 5.32 Å². The summed E-state index contributed by atoms with van der Waals surface area (Å²) in [6, 6.07) is 6.39. The quantitative estimate of drug-likeness (QED) is 0.519. The fourth-order valence-electron chi connectivity index (χ4n) is 4.84. The summed E-state index contributed by atoms with van der Waals surface area (Å²) >= 11 is 23.7. The van der Waals surface area contributed by atoms with E-state index in [1.54, 1.807) is 24.3 Å². The molecule has 2 bridgehead atoms. The van der Waals surface area contributed by atoms with Crippen molar-refractivity contribution >= 4 is 63.9 Å². The Kier molecular flexibility index (Phi) is 5.46. The first kappa shape index (κ1) is 21.7. The Morgan fingerprint density at radius 2 is 1.80 bits per heavy atom. The maximum absolute atomic E-state index is 12.8. The van der Waals surface area contributed by atoms with Crippen molar-refractivity contribution in [3.8, 4) is 0 Å². The van der Waals surface area contributed by atoms with Crippen molar-refractivity contribution in [2.24, 2.45) is 17.3 Å². The highest BCUT2D eigenvalue weighted by Gasteiger charge is 2.76. The van der Waals surface area contributed by atoms with E-state index in [4.69, 9.17) is 46.4 Å². The maximum atomic E-state index is 12.8. The van der Waals surface area contributed by atoms with Crippen LogP contribution in [0.3, 0.4) is 0 Å². The van der Waals surface area contributed by atoms with Crippen LogP contribution in [-0.4, -0.2) is 22.3 Å². The molecule has 5 nitrogen and oxygen atoms in total. The number of halogens is 4. The lowest BCUT2D eigenvalue weighted by Gasteiger charge is -2.77. The van der Waals surface area contributed by atoms with Crippen molar-refractivity contribution in [2.45, 2.75) is 32.2 Å². The lowest BCUT2D eigenvalue weighted by Crippen LogP contribution is -2.83. The van der Waals surface area contributed by atoms with Gasteiger partial charge in [0.25, 0.3) is 5.91 Å². The molecule has 1 heterocycles. The Labute approximate surface area is 194 Å². The van der Waals surface area contributed by atoms with Gasteiger partial charge in [-0.3, -0.25) is 9.59 Å². The van der Waals surface area contributed by atoms with Crippen molar-refractivity contribution in [3.05, 3.63) is 56.2 Å². The maximum Gasteiger partial charge on any atom is 0.251 e. The summed E-state index contributed by atoms with van der Waals surface area (Å²) in [6.45, 7) is 3.99. The van der Waals surface area contributed by atoms with Crippen molar-refractivity contribution in [3.63, 3.8) is 0 Å². The van der Waals surface area contributed by atoms with Gasteiger partial charge in [-0.25, -0.2) is 4.98 Å². The van der Waals surface area contributed by atoms with E-state index >= 15 is 0 Å². The van der Waals surface area contributed by atoms with Gasteiger partial charge in [0, 0.05) is 17.0 Å². The van der Waals surface area contributed by atoms with E-state index in [2.05, 4.69) is 22.5 Å². The van der Waals surface area contributed by atoms with Gasteiger partial charge in [0.15, 0.2) is 0 Å². The molecule has 0 unspecified atom stereocenters. The van der Waals surface area contributed by atoms with Crippen molar-refractivity contribution in [1.29, 1.82) is 0 Å². The summed E-state index contributed by atoms with van der Waals surface area (Å²) in [5.41, 5.74) is 0.540. The van der Waals surface area contributed by atoms with Gasteiger partial charge < -0.3 is 10.6 Å². The van der Waals surface area contributed by atoms with Gasteiger partial charge in [-0.05, 0) is 48.4 Å². The second-order valence-corrected chi connectivity index (χ2v) is 9.83. The molecule has 2 aromatic rings. The minimum atomic E-state index is -0.289. The number of nitrogens with zero attached hydrogens (tertiary/aromatic N) is 1. The van der Waals surface area contributed by atoms with E-state index < -0.39 is 0 Å². The average Bonchev–Trinajstić information content (AvgIpc) is 2.68. The van der Waals surface area contributed by atoms with Crippen LogP contribution in [-0.2, 0) is 4.79 Å². The van der Waals surface area contributed by atoms with Crippen LogP contribution in [0.4, 0.5) is 5.69 Å². The molecule has 0 spiro atoms. The number of pyridine rings is 1. The summed E-state index contributed by atoms with van der Waals surface area (Å²) in [5, 5.41) is 7.22. The highest BCUT2D eigenvalue weighted by molar-refractivity contribution is 6.42. The normalized spacial score (nSPS) is 27.5. The van der Waals surface area contributed by atoms with Gasteiger partial charge in [-0.15, -0.1) is 0 Å². The summed E-state index contributed by atoms with van der Waals surface area (Å²) in [7, 11) is 0. The molecule has 2 atom stereocenters. The third-order valence-electron chi connectivity index (χ3n) is 6.84. The Morgan fingerprint density at radius 3 is 2.40 bits per heavy atom. The van der Waals surface area contributed by atoms with E-state index in [0.717, 1.165) is 12.8 Å². The zero-order valence-electron chi connectivity index (χ0n) is 16.2. The predicted octanol–water partition coefficient (Wildman–Crippen LogP) is 5.87. The fraction of sp³-hybridized carbons (Fsp3) is 0.381. The number of hydrogen-bond donors (Lipinski definition) is 2. The topological polar surface area (TPSA) is 71.1 Å².